The molecule has 0 heterocycles. The molecule has 0 aromatic carbocycles. The van der Waals surface area contributed by atoms with E-state index in [0.717, 1.165) is 25.7 Å². The van der Waals surface area contributed by atoms with Crippen LogP contribution in [0.15, 0.2) is 0 Å². The summed E-state index contributed by atoms with van der Waals surface area (Å²) in [6.07, 6.45) is 4.07. The van der Waals surface area contributed by atoms with E-state index in [0.29, 0.717) is 6.54 Å². The van der Waals surface area contributed by atoms with E-state index in [1.165, 1.54) is 0 Å². The second kappa shape index (κ2) is 7.10. The van der Waals surface area contributed by atoms with Gasteiger partial charge >= 0.3 is 0 Å². The molecule has 1 fully saturated rings. The lowest BCUT2D eigenvalue weighted by Crippen LogP contribution is -2.54. The Labute approximate surface area is 121 Å². The van der Waals surface area contributed by atoms with E-state index in [4.69, 9.17) is 5.73 Å². The number of carbonyl (C=O) groups is 2. The quantitative estimate of drug-likeness (QED) is 0.721. The highest BCUT2D eigenvalue weighted by molar-refractivity contribution is 5.87. The number of halogens is 1. The highest BCUT2D eigenvalue weighted by atomic mass is 35.5. The van der Waals surface area contributed by atoms with Crippen LogP contribution in [0.3, 0.4) is 0 Å². The summed E-state index contributed by atoms with van der Waals surface area (Å²) in [4.78, 5) is 23.5. The first-order valence-electron chi connectivity index (χ1n) is 6.58. The van der Waals surface area contributed by atoms with Crippen molar-refractivity contribution in [1.29, 1.82) is 0 Å². The predicted octanol–water partition coefficient (Wildman–Crippen LogP) is 0.958. The number of carbonyl (C=O) groups excluding carboxylic acids is 2. The Kier molecular flexibility index (Phi) is 6.80. The van der Waals surface area contributed by atoms with E-state index in [1.807, 2.05) is 20.8 Å². The van der Waals surface area contributed by atoms with E-state index in [1.54, 1.807) is 0 Å². The van der Waals surface area contributed by atoms with E-state index in [2.05, 4.69) is 10.6 Å². The maximum absolute atomic E-state index is 11.8. The van der Waals surface area contributed by atoms with Gasteiger partial charge in [-0.2, -0.15) is 0 Å². The molecule has 0 radical (unpaired) electrons. The molecule has 19 heavy (non-hydrogen) atoms. The fourth-order valence-corrected chi connectivity index (χ4v) is 2.20. The van der Waals surface area contributed by atoms with Crippen LogP contribution in [0.2, 0.25) is 0 Å². The third-order valence-corrected chi connectivity index (χ3v) is 3.45. The molecule has 2 amide bonds. The minimum Gasteiger partial charge on any atom is -0.348 e. The molecular formula is C13H26ClN3O2. The van der Waals surface area contributed by atoms with Gasteiger partial charge in [0.1, 0.15) is 0 Å². The standard InChI is InChI=1S/C13H25N3O2.ClH/c1-12(2,3)11(18)15-8-10(17)16-13(9-14)6-4-5-7-13;/h4-9,14H2,1-3H3,(H,15,18)(H,16,17);1H. The summed E-state index contributed by atoms with van der Waals surface area (Å²) in [7, 11) is 0. The molecule has 1 rings (SSSR count). The Morgan fingerprint density at radius 2 is 1.74 bits per heavy atom. The molecule has 0 spiro atoms. The Bertz CT molecular complexity index is 320. The summed E-state index contributed by atoms with van der Waals surface area (Å²) >= 11 is 0. The van der Waals surface area contributed by atoms with Crippen LogP contribution in [0, 0.1) is 5.41 Å². The lowest BCUT2D eigenvalue weighted by molar-refractivity contribution is -0.131. The fraction of sp³-hybridized carbons (Fsp3) is 0.846. The molecule has 1 aliphatic rings. The van der Waals surface area contributed by atoms with Crippen LogP contribution in [0.5, 0.6) is 0 Å². The molecular weight excluding hydrogens is 266 g/mol. The molecule has 112 valence electrons. The minimum atomic E-state index is -0.473. The van der Waals surface area contributed by atoms with Crippen molar-refractivity contribution in [2.75, 3.05) is 13.1 Å². The zero-order valence-electron chi connectivity index (χ0n) is 12.0. The molecule has 0 aromatic rings. The van der Waals surface area contributed by atoms with Gasteiger partial charge < -0.3 is 16.4 Å². The monoisotopic (exact) mass is 291 g/mol. The van der Waals surface area contributed by atoms with Gasteiger partial charge in [0.25, 0.3) is 0 Å². The number of nitrogens with two attached hydrogens (primary N) is 1. The number of amides is 2. The van der Waals surface area contributed by atoms with Crippen molar-refractivity contribution in [3.8, 4) is 0 Å². The molecule has 6 heteroatoms. The van der Waals surface area contributed by atoms with E-state index < -0.39 is 5.41 Å². The highest BCUT2D eigenvalue weighted by Gasteiger charge is 2.33. The lowest BCUT2D eigenvalue weighted by Gasteiger charge is -2.29. The number of nitrogens with one attached hydrogen (secondary N) is 2. The molecule has 0 aliphatic heterocycles. The first kappa shape index (κ1) is 18.2. The van der Waals surface area contributed by atoms with Crippen molar-refractivity contribution in [2.24, 2.45) is 11.1 Å². The molecule has 1 saturated carbocycles. The second-order valence-corrected chi connectivity index (χ2v) is 6.17. The Hall–Kier alpha value is -0.810. The average molecular weight is 292 g/mol. The molecule has 0 unspecified atom stereocenters. The van der Waals surface area contributed by atoms with E-state index in [9.17, 15) is 9.59 Å². The van der Waals surface area contributed by atoms with Crippen LogP contribution < -0.4 is 16.4 Å². The molecule has 4 N–H and O–H groups in total. The van der Waals surface area contributed by atoms with Crippen molar-refractivity contribution in [2.45, 2.75) is 52.0 Å². The third-order valence-electron chi connectivity index (χ3n) is 3.45. The maximum Gasteiger partial charge on any atom is 0.239 e. The minimum absolute atomic E-state index is 0. The van der Waals surface area contributed by atoms with Crippen molar-refractivity contribution in [1.82, 2.24) is 10.6 Å². The molecule has 0 saturated heterocycles. The van der Waals surface area contributed by atoms with Crippen LogP contribution in [-0.2, 0) is 9.59 Å². The van der Waals surface area contributed by atoms with Crippen LogP contribution in [0.1, 0.15) is 46.5 Å². The summed E-state index contributed by atoms with van der Waals surface area (Å²) in [5, 5.41) is 5.62. The summed E-state index contributed by atoms with van der Waals surface area (Å²) in [5.41, 5.74) is 5.02. The lowest BCUT2D eigenvalue weighted by atomic mass is 9.95. The van der Waals surface area contributed by atoms with Gasteiger partial charge in [0.05, 0.1) is 12.1 Å². The smallest absolute Gasteiger partial charge is 0.239 e. The topological polar surface area (TPSA) is 84.2 Å². The summed E-state index contributed by atoms with van der Waals surface area (Å²) in [6.45, 7) is 5.94. The van der Waals surface area contributed by atoms with Gasteiger partial charge in [0.15, 0.2) is 0 Å². The Morgan fingerprint density at radius 1 is 1.21 bits per heavy atom. The zero-order chi connectivity index (χ0) is 13.8. The second-order valence-electron chi connectivity index (χ2n) is 6.17. The van der Waals surface area contributed by atoms with Gasteiger partial charge in [-0.05, 0) is 12.8 Å². The number of rotatable bonds is 4. The van der Waals surface area contributed by atoms with Crippen LogP contribution in [0.4, 0.5) is 0 Å². The van der Waals surface area contributed by atoms with E-state index >= 15 is 0 Å². The molecule has 0 bridgehead atoms. The largest absolute Gasteiger partial charge is 0.348 e. The van der Waals surface area contributed by atoms with Crippen LogP contribution >= 0.6 is 12.4 Å². The van der Waals surface area contributed by atoms with Gasteiger partial charge in [0.2, 0.25) is 11.8 Å². The first-order valence-corrected chi connectivity index (χ1v) is 6.58. The van der Waals surface area contributed by atoms with Gasteiger partial charge in [-0.15, -0.1) is 12.4 Å². The van der Waals surface area contributed by atoms with Crippen LogP contribution in [0.25, 0.3) is 0 Å². The van der Waals surface area contributed by atoms with Crippen LogP contribution in [-0.4, -0.2) is 30.4 Å². The van der Waals surface area contributed by atoms with Crippen molar-refractivity contribution in [3.63, 3.8) is 0 Å². The molecule has 5 nitrogen and oxygen atoms in total. The fourth-order valence-electron chi connectivity index (χ4n) is 2.20. The van der Waals surface area contributed by atoms with Crippen molar-refractivity contribution in [3.05, 3.63) is 0 Å². The summed E-state index contributed by atoms with van der Waals surface area (Å²) in [5.74, 6) is -0.272. The zero-order valence-corrected chi connectivity index (χ0v) is 12.9. The molecule has 1 aliphatic carbocycles. The highest BCUT2D eigenvalue weighted by Crippen LogP contribution is 2.28. The normalized spacial score (nSPS) is 17.5. The summed E-state index contributed by atoms with van der Waals surface area (Å²) in [6, 6.07) is 0. The third kappa shape index (κ3) is 5.37. The first-order chi connectivity index (χ1) is 8.29. The predicted molar refractivity (Wildman–Crippen MR) is 78.1 cm³/mol. The van der Waals surface area contributed by atoms with Crippen molar-refractivity contribution >= 4 is 24.2 Å². The average Bonchev–Trinajstić information content (AvgIpc) is 2.73. The molecule has 0 aromatic heterocycles. The number of hydrogen-bond donors (Lipinski definition) is 3. The van der Waals surface area contributed by atoms with E-state index in [-0.39, 0.29) is 36.3 Å². The SMILES string of the molecule is CC(C)(C)C(=O)NCC(=O)NC1(CN)CCCC1.Cl. The Morgan fingerprint density at radius 3 is 2.16 bits per heavy atom. The van der Waals surface area contributed by atoms with Gasteiger partial charge in [-0.3, -0.25) is 9.59 Å². The number of hydrogen-bond acceptors (Lipinski definition) is 3. The summed E-state index contributed by atoms with van der Waals surface area (Å²) < 4.78 is 0. The molecule has 0 atom stereocenters. The maximum atomic E-state index is 11.8. The van der Waals surface area contributed by atoms with Crippen molar-refractivity contribution < 1.29 is 9.59 Å². The van der Waals surface area contributed by atoms with Gasteiger partial charge in [-0.25, -0.2) is 0 Å². The Balaban J connectivity index is 0.00000324. The van der Waals surface area contributed by atoms with Gasteiger partial charge in [-0.1, -0.05) is 33.6 Å². The van der Waals surface area contributed by atoms with Gasteiger partial charge in [0, 0.05) is 12.0 Å².